The fourth-order valence-electron chi connectivity index (χ4n) is 3.37. The van der Waals surface area contributed by atoms with Gasteiger partial charge in [0.15, 0.2) is 5.78 Å². The lowest BCUT2D eigenvalue weighted by Gasteiger charge is -2.28. The first-order valence-corrected chi connectivity index (χ1v) is 8.17. The van der Waals surface area contributed by atoms with Crippen LogP contribution in [0.2, 0.25) is 0 Å². The number of hydrogen-bond donors (Lipinski definition) is 3. The number of hydrogen-bond acceptors (Lipinski definition) is 3. The number of carbonyl (C=O) groups is 2. The number of amides is 1. The molecular formula is C17H26N2O3. The number of Topliss-reactive ketones (excluding diaryl/α,β-unsaturated/α-hetero) is 1. The number of H-pyrrole nitrogens is 1. The van der Waals surface area contributed by atoms with Gasteiger partial charge in [-0.25, -0.2) is 0 Å². The first-order valence-electron chi connectivity index (χ1n) is 8.17. The number of aromatic amines is 1. The summed E-state index contributed by atoms with van der Waals surface area (Å²) in [5, 5.41) is 12.9. The highest BCUT2D eigenvalue weighted by atomic mass is 16.3. The van der Waals surface area contributed by atoms with E-state index in [1.165, 1.54) is 6.92 Å². The molecule has 1 fully saturated rings. The second-order valence-electron chi connectivity index (χ2n) is 6.22. The lowest BCUT2D eigenvalue weighted by molar-refractivity contribution is 0.0713. The number of aliphatic hydroxyl groups is 1. The number of aliphatic hydroxyl groups excluding tert-OH is 1. The van der Waals surface area contributed by atoms with E-state index in [0.717, 1.165) is 43.4 Å². The van der Waals surface area contributed by atoms with Crippen molar-refractivity contribution in [3.63, 3.8) is 0 Å². The standard InChI is InChI=1S/C17H26N2O3/c1-4-7-12-15(11(3)20)10(2)18-16(12)17(22)19-13-8-5-6-9-14(13)21/h13-14,18,21H,4-9H2,1-3H3,(H,19,22). The molecule has 122 valence electrons. The molecule has 0 radical (unpaired) electrons. The molecule has 5 nitrogen and oxygen atoms in total. The average molecular weight is 306 g/mol. The summed E-state index contributed by atoms with van der Waals surface area (Å²) in [4.78, 5) is 27.5. The fraction of sp³-hybridized carbons (Fsp3) is 0.647. The van der Waals surface area contributed by atoms with Gasteiger partial charge in [-0.15, -0.1) is 0 Å². The first kappa shape index (κ1) is 16.7. The van der Waals surface area contributed by atoms with Crippen LogP contribution in [-0.4, -0.2) is 33.9 Å². The van der Waals surface area contributed by atoms with Gasteiger partial charge in [-0.1, -0.05) is 26.2 Å². The summed E-state index contributed by atoms with van der Waals surface area (Å²) >= 11 is 0. The second kappa shape index (κ2) is 7.09. The summed E-state index contributed by atoms with van der Waals surface area (Å²) in [5.74, 6) is -0.237. The van der Waals surface area contributed by atoms with Gasteiger partial charge in [0.05, 0.1) is 12.1 Å². The van der Waals surface area contributed by atoms with Crippen LogP contribution in [-0.2, 0) is 6.42 Å². The third kappa shape index (κ3) is 3.40. The Labute approximate surface area is 131 Å². The van der Waals surface area contributed by atoms with Gasteiger partial charge in [-0.2, -0.15) is 0 Å². The molecule has 1 heterocycles. The number of ketones is 1. The zero-order valence-corrected chi connectivity index (χ0v) is 13.7. The molecule has 0 spiro atoms. The molecule has 1 saturated carbocycles. The Kier molecular flexibility index (Phi) is 5.40. The molecule has 5 heteroatoms. The maximum absolute atomic E-state index is 12.6. The summed E-state index contributed by atoms with van der Waals surface area (Å²) in [6.45, 7) is 5.38. The SMILES string of the molecule is CCCc1c(C(=O)NC2CCCCC2O)[nH]c(C)c1C(C)=O. The predicted molar refractivity (Wildman–Crippen MR) is 85.3 cm³/mol. The van der Waals surface area contributed by atoms with Crippen molar-refractivity contribution in [1.82, 2.24) is 10.3 Å². The zero-order chi connectivity index (χ0) is 16.3. The Hall–Kier alpha value is -1.62. The topological polar surface area (TPSA) is 82.2 Å². The highest BCUT2D eigenvalue weighted by molar-refractivity contribution is 6.02. The van der Waals surface area contributed by atoms with Crippen molar-refractivity contribution >= 4 is 11.7 Å². The van der Waals surface area contributed by atoms with Gasteiger partial charge in [-0.3, -0.25) is 9.59 Å². The molecule has 0 saturated heterocycles. The molecule has 1 aliphatic rings. The Morgan fingerprint density at radius 2 is 2.00 bits per heavy atom. The highest BCUT2D eigenvalue weighted by Crippen LogP contribution is 2.23. The molecule has 3 N–H and O–H groups in total. The molecule has 1 amide bonds. The molecule has 22 heavy (non-hydrogen) atoms. The molecular weight excluding hydrogens is 280 g/mol. The molecule has 1 aliphatic carbocycles. The van der Waals surface area contributed by atoms with E-state index in [1.807, 2.05) is 13.8 Å². The molecule has 0 aromatic carbocycles. The number of aromatic nitrogens is 1. The summed E-state index contributed by atoms with van der Waals surface area (Å²) in [5.41, 5.74) is 2.65. The monoisotopic (exact) mass is 306 g/mol. The van der Waals surface area contributed by atoms with Gasteiger partial charge in [-0.05, 0) is 38.7 Å². The van der Waals surface area contributed by atoms with Crippen LogP contribution >= 0.6 is 0 Å². The Balaban J connectivity index is 2.25. The van der Waals surface area contributed by atoms with Crippen molar-refractivity contribution in [2.75, 3.05) is 0 Å². The average Bonchev–Trinajstić information content (AvgIpc) is 2.78. The van der Waals surface area contributed by atoms with Crippen molar-refractivity contribution in [2.24, 2.45) is 0 Å². The summed E-state index contributed by atoms with van der Waals surface area (Å²) < 4.78 is 0. The Bertz CT molecular complexity index is 562. The van der Waals surface area contributed by atoms with Gasteiger partial charge in [0, 0.05) is 11.3 Å². The number of carbonyl (C=O) groups excluding carboxylic acids is 2. The lowest BCUT2D eigenvalue weighted by atomic mass is 9.92. The van der Waals surface area contributed by atoms with E-state index in [-0.39, 0.29) is 17.7 Å². The maximum atomic E-state index is 12.6. The van der Waals surface area contributed by atoms with Gasteiger partial charge < -0.3 is 15.4 Å². The predicted octanol–water partition coefficient (Wildman–Crippen LogP) is 2.51. The fourth-order valence-corrected chi connectivity index (χ4v) is 3.37. The van der Waals surface area contributed by atoms with E-state index in [1.54, 1.807) is 0 Å². The van der Waals surface area contributed by atoms with Gasteiger partial charge in [0.2, 0.25) is 0 Å². The van der Waals surface area contributed by atoms with Crippen LogP contribution in [0.5, 0.6) is 0 Å². The third-order valence-electron chi connectivity index (χ3n) is 4.42. The highest BCUT2D eigenvalue weighted by Gasteiger charge is 2.28. The zero-order valence-electron chi connectivity index (χ0n) is 13.7. The number of nitrogens with one attached hydrogen (secondary N) is 2. The molecule has 1 aromatic rings. The quantitative estimate of drug-likeness (QED) is 0.731. The molecule has 1 aromatic heterocycles. The molecule has 2 atom stereocenters. The Morgan fingerprint density at radius 1 is 1.32 bits per heavy atom. The minimum atomic E-state index is -0.476. The van der Waals surface area contributed by atoms with E-state index < -0.39 is 6.10 Å². The molecule has 2 rings (SSSR count). The number of rotatable bonds is 5. The van der Waals surface area contributed by atoms with Crippen LogP contribution in [0.15, 0.2) is 0 Å². The van der Waals surface area contributed by atoms with Crippen molar-refractivity contribution in [3.05, 3.63) is 22.5 Å². The van der Waals surface area contributed by atoms with Crippen LogP contribution in [0, 0.1) is 6.92 Å². The van der Waals surface area contributed by atoms with E-state index in [2.05, 4.69) is 10.3 Å². The van der Waals surface area contributed by atoms with Crippen LogP contribution in [0.1, 0.15) is 78.1 Å². The summed E-state index contributed by atoms with van der Waals surface area (Å²) in [7, 11) is 0. The molecule has 2 unspecified atom stereocenters. The van der Waals surface area contributed by atoms with Gasteiger partial charge in [0.25, 0.3) is 5.91 Å². The molecule has 0 bridgehead atoms. The largest absolute Gasteiger partial charge is 0.391 e. The van der Waals surface area contributed by atoms with Crippen molar-refractivity contribution in [3.8, 4) is 0 Å². The summed E-state index contributed by atoms with van der Waals surface area (Å²) in [6, 6.07) is -0.194. The van der Waals surface area contributed by atoms with E-state index in [4.69, 9.17) is 0 Å². The minimum absolute atomic E-state index is 0.0195. The van der Waals surface area contributed by atoms with Crippen LogP contribution in [0.4, 0.5) is 0 Å². The van der Waals surface area contributed by atoms with Crippen LogP contribution in [0.3, 0.4) is 0 Å². The molecule has 0 aliphatic heterocycles. The van der Waals surface area contributed by atoms with Crippen LogP contribution in [0.25, 0.3) is 0 Å². The van der Waals surface area contributed by atoms with Crippen molar-refractivity contribution in [2.45, 2.75) is 71.4 Å². The normalized spacial score (nSPS) is 21.6. The van der Waals surface area contributed by atoms with E-state index in [0.29, 0.717) is 17.7 Å². The minimum Gasteiger partial charge on any atom is -0.391 e. The summed E-state index contributed by atoms with van der Waals surface area (Å²) in [6.07, 6.45) is 4.64. The van der Waals surface area contributed by atoms with E-state index in [9.17, 15) is 14.7 Å². The maximum Gasteiger partial charge on any atom is 0.268 e. The van der Waals surface area contributed by atoms with Gasteiger partial charge >= 0.3 is 0 Å². The van der Waals surface area contributed by atoms with Crippen molar-refractivity contribution < 1.29 is 14.7 Å². The van der Waals surface area contributed by atoms with Crippen LogP contribution < -0.4 is 5.32 Å². The first-order chi connectivity index (χ1) is 10.5. The number of aryl methyl sites for hydroxylation is 1. The van der Waals surface area contributed by atoms with Gasteiger partial charge in [0.1, 0.15) is 5.69 Å². The lowest BCUT2D eigenvalue weighted by Crippen LogP contribution is -2.45. The third-order valence-corrected chi connectivity index (χ3v) is 4.42. The van der Waals surface area contributed by atoms with E-state index >= 15 is 0 Å². The second-order valence-corrected chi connectivity index (χ2v) is 6.22. The Morgan fingerprint density at radius 3 is 2.59 bits per heavy atom. The smallest absolute Gasteiger partial charge is 0.268 e. The van der Waals surface area contributed by atoms with Crippen molar-refractivity contribution in [1.29, 1.82) is 0 Å².